The molecular weight excluding hydrogens is 345 g/mol. The molecule has 0 spiro atoms. The van der Waals surface area contributed by atoms with Crippen LogP contribution in [0.3, 0.4) is 0 Å². The molecule has 3 nitrogen and oxygen atoms in total. The Morgan fingerprint density at radius 1 is 1.27 bits per heavy atom. The second kappa shape index (κ2) is 4.23. The summed E-state index contributed by atoms with van der Waals surface area (Å²) < 4.78 is 1.84. The number of fused-ring (bicyclic) bond motifs is 1. The topological polar surface area (TPSA) is 37.8 Å². The van der Waals surface area contributed by atoms with E-state index in [1.165, 1.54) is 0 Å². The first-order valence-corrected chi connectivity index (χ1v) is 6.08. The van der Waals surface area contributed by atoms with Crippen LogP contribution in [-0.2, 0) is 0 Å². The van der Waals surface area contributed by atoms with Gasteiger partial charge in [0.2, 0.25) is 5.28 Å². The molecule has 1 aromatic carbocycles. The molecule has 0 amide bonds. The molecule has 15 heavy (non-hydrogen) atoms. The van der Waals surface area contributed by atoms with Gasteiger partial charge in [-0.25, -0.2) is 9.97 Å². The van der Waals surface area contributed by atoms with Gasteiger partial charge in [-0.2, -0.15) is 0 Å². The van der Waals surface area contributed by atoms with Crippen molar-refractivity contribution in [2.75, 3.05) is 12.4 Å². The highest BCUT2D eigenvalue weighted by molar-refractivity contribution is 9.11. The van der Waals surface area contributed by atoms with E-state index in [-0.39, 0.29) is 5.28 Å². The predicted molar refractivity (Wildman–Crippen MR) is 69.5 cm³/mol. The lowest BCUT2D eigenvalue weighted by Crippen LogP contribution is -1.96. The highest BCUT2D eigenvalue weighted by Gasteiger charge is 2.09. The molecule has 0 saturated carbocycles. The van der Waals surface area contributed by atoms with Crippen molar-refractivity contribution in [2.45, 2.75) is 0 Å². The lowest BCUT2D eigenvalue weighted by Gasteiger charge is -2.07. The van der Waals surface area contributed by atoms with Crippen molar-refractivity contribution in [3.05, 3.63) is 26.4 Å². The molecule has 1 N–H and O–H groups in total. The van der Waals surface area contributed by atoms with E-state index in [4.69, 9.17) is 11.6 Å². The summed E-state index contributed by atoms with van der Waals surface area (Å²) in [5.41, 5.74) is 0.794. The first kappa shape index (κ1) is 11.1. The Bertz CT molecular complexity index is 530. The zero-order valence-electron chi connectivity index (χ0n) is 7.68. The highest BCUT2D eigenvalue weighted by Crippen LogP contribution is 2.31. The molecule has 2 aromatic rings. The van der Waals surface area contributed by atoms with E-state index in [1.54, 1.807) is 7.05 Å². The minimum Gasteiger partial charge on any atom is -0.372 e. The first-order valence-electron chi connectivity index (χ1n) is 4.12. The number of halogens is 3. The third kappa shape index (κ3) is 2.09. The molecule has 0 fully saturated rings. The monoisotopic (exact) mass is 349 g/mol. The van der Waals surface area contributed by atoms with E-state index in [0.717, 1.165) is 19.8 Å². The molecule has 1 aromatic heterocycles. The maximum Gasteiger partial charge on any atom is 0.224 e. The van der Waals surface area contributed by atoms with Crippen LogP contribution in [0.2, 0.25) is 5.28 Å². The fraction of sp³-hybridized carbons (Fsp3) is 0.111. The molecular formula is C9H6Br2ClN3. The number of benzene rings is 1. The summed E-state index contributed by atoms with van der Waals surface area (Å²) in [5, 5.41) is 4.14. The number of anilines is 1. The molecule has 0 saturated heterocycles. The number of nitrogens with one attached hydrogen (secondary N) is 1. The lowest BCUT2D eigenvalue weighted by molar-refractivity contribution is 1.20. The summed E-state index contributed by atoms with van der Waals surface area (Å²) in [6.45, 7) is 0. The molecule has 0 aliphatic heterocycles. The summed E-state index contributed by atoms with van der Waals surface area (Å²) in [7, 11) is 1.80. The Labute approximate surface area is 109 Å². The Balaban J connectivity index is 2.89. The lowest BCUT2D eigenvalue weighted by atomic mass is 10.2. The summed E-state index contributed by atoms with van der Waals surface area (Å²) in [5.74, 6) is 0.715. The minimum atomic E-state index is 0.231. The van der Waals surface area contributed by atoms with Gasteiger partial charge in [-0.3, -0.25) is 0 Å². The van der Waals surface area contributed by atoms with Crippen LogP contribution in [0, 0.1) is 0 Å². The molecule has 0 radical (unpaired) electrons. The van der Waals surface area contributed by atoms with E-state index in [0.29, 0.717) is 5.82 Å². The van der Waals surface area contributed by atoms with Crippen LogP contribution in [0.1, 0.15) is 0 Å². The Morgan fingerprint density at radius 2 is 2.00 bits per heavy atom. The van der Waals surface area contributed by atoms with Gasteiger partial charge < -0.3 is 5.32 Å². The second-order valence-electron chi connectivity index (χ2n) is 2.88. The third-order valence-electron chi connectivity index (χ3n) is 1.93. The number of hydrogen-bond acceptors (Lipinski definition) is 3. The van der Waals surface area contributed by atoms with Crippen LogP contribution in [0.4, 0.5) is 5.82 Å². The van der Waals surface area contributed by atoms with Crippen molar-refractivity contribution in [3.63, 3.8) is 0 Å². The van der Waals surface area contributed by atoms with Gasteiger partial charge in [0.05, 0.1) is 5.52 Å². The van der Waals surface area contributed by atoms with E-state index in [9.17, 15) is 0 Å². The average Bonchev–Trinajstić information content (AvgIpc) is 2.18. The van der Waals surface area contributed by atoms with E-state index in [2.05, 4.69) is 47.1 Å². The molecule has 0 unspecified atom stereocenters. The van der Waals surface area contributed by atoms with Gasteiger partial charge in [-0.1, -0.05) is 15.9 Å². The van der Waals surface area contributed by atoms with Crippen LogP contribution in [0.15, 0.2) is 21.1 Å². The quantitative estimate of drug-likeness (QED) is 0.793. The maximum atomic E-state index is 5.82. The zero-order valence-corrected chi connectivity index (χ0v) is 11.6. The van der Waals surface area contributed by atoms with Gasteiger partial charge in [-0.05, 0) is 39.7 Å². The first-order chi connectivity index (χ1) is 7.11. The predicted octanol–water partition coefficient (Wildman–Crippen LogP) is 3.85. The van der Waals surface area contributed by atoms with Crippen molar-refractivity contribution in [3.8, 4) is 0 Å². The van der Waals surface area contributed by atoms with Crippen LogP contribution in [0.5, 0.6) is 0 Å². The van der Waals surface area contributed by atoms with Gasteiger partial charge in [-0.15, -0.1) is 0 Å². The molecule has 2 rings (SSSR count). The third-order valence-corrected chi connectivity index (χ3v) is 3.16. The Hall–Kier alpha value is -0.390. The van der Waals surface area contributed by atoms with E-state index < -0.39 is 0 Å². The highest BCUT2D eigenvalue weighted by atomic mass is 79.9. The second-order valence-corrected chi connectivity index (χ2v) is 4.98. The van der Waals surface area contributed by atoms with Crippen molar-refractivity contribution in [1.82, 2.24) is 9.97 Å². The number of hydrogen-bond donors (Lipinski definition) is 1. The molecule has 0 aliphatic carbocycles. The zero-order chi connectivity index (χ0) is 11.0. The number of aromatic nitrogens is 2. The average molecular weight is 351 g/mol. The van der Waals surface area contributed by atoms with Crippen molar-refractivity contribution >= 4 is 60.2 Å². The van der Waals surface area contributed by atoms with Crippen molar-refractivity contribution < 1.29 is 0 Å². The summed E-state index contributed by atoms with van der Waals surface area (Å²) in [6.07, 6.45) is 0. The molecule has 0 aliphatic rings. The maximum absolute atomic E-state index is 5.82. The SMILES string of the molecule is CNc1nc(Cl)nc2c(Br)cc(Br)cc12. The van der Waals surface area contributed by atoms with Crippen LogP contribution >= 0.6 is 43.5 Å². The van der Waals surface area contributed by atoms with Crippen LogP contribution in [-0.4, -0.2) is 17.0 Å². The standard InChI is InChI=1S/C9H6Br2ClN3/c1-13-8-5-2-4(10)3-6(11)7(5)14-9(12)15-8/h2-3H,1H3,(H,13,14,15). The number of rotatable bonds is 1. The Morgan fingerprint density at radius 3 is 2.67 bits per heavy atom. The minimum absolute atomic E-state index is 0.231. The van der Waals surface area contributed by atoms with Crippen LogP contribution < -0.4 is 5.32 Å². The summed E-state index contributed by atoms with van der Waals surface area (Å²) in [4.78, 5) is 8.28. The molecule has 0 atom stereocenters. The van der Waals surface area contributed by atoms with Crippen molar-refractivity contribution in [1.29, 1.82) is 0 Å². The summed E-state index contributed by atoms with van der Waals surface area (Å²) >= 11 is 12.7. The normalized spacial score (nSPS) is 10.7. The van der Waals surface area contributed by atoms with E-state index >= 15 is 0 Å². The molecule has 1 heterocycles. The summed E-state index contributed by atoms with van der Waals surface area (Å²) in [6, 6.07) is 3.87. The largest absolute Gasteiger partial charge is 0.372 e. The molecule has 6 heteroatoms. The van der Waals surface area contributed by atoms with Gasteiger partial charge in [0.25, 0.3) is 0 Å². The Kier molecular flexibility index (Phi) is 3.13. The fourth-order valence-electron chi connectivity index (χ4n) is 1.32. The van der Waals surface area contributed by atoms with Gasteiger partial charge in [0.1, 0.15) is 5.82 Å². The number of nitrogens with zero attached hydrogens (tertiary/aromatic N) is 2. The van der Waals surface area contributed by atoms with Gasteiger partial charge >= 0.3 is 0 Å². The van der Waals surface area contributed by atoms with Crippen molar-refractivity contribution in [2.24, 2.45) is 0 Å². The smallest absolute Gasteiger partial charge is 0.224 e. The fourth-order valence-corrected chi connectivity index (χ4v) is 2.80. The molecule has 0 bridgehead atoms. The van der Waals surface area contributed by atoms with Crippen LogP contribution in [0.25, 0.3) is 10.9 Å². The van der Waals surface area contributed by atoms with Gasteiger partial charge in [0, 0.05) is 21.4 Å². The molecule has 78 valence electrons. The van der Waals surface area contributed by atoms with E-state index in [1.807, 2.05) is 12.1 Å². The van der Waals surface area contributed by atoms with Gasteiger partial charge in [0.15, 0.2) is 0 Å².